The minimum absolute atomic E-state index is 0.285. The minimum Gasteiger partial charge on any atom is -0.450 e. The van der Waals surface area contributed by atoms with Gasteiger partial charge in [-0.2, -0.15) is 0 Å². The molecule has 1 amide bonds. The van der Waals surface area contributed by atoms with Gasteiger partial charge in [0.25, 0.3) is 0 Å². The zero-order valence-electron chi connectivity index (χ0n) is 15.7. The van der Waals surface area contributed by atoms with Gasteiger partial charge in [-0.1, -0.05) is 34.9 Å². The molecule has 0 aliphatic carbocycles. The number of thiocarbonyl (C=S) groups is 1. The Kier molecular flexibility index (Phi) is 12.9. The van der Waals surface area contributed by atoms with E-state index in [-0.39, 0.29) is 5.11 Å². The van der Waals surface area contributed by atoms with Crippen LogP contribution in [0.1, 0.15) is 60.3 Å². The first-order chi connectivity index (χ1) is 11.3. The van der Waals surface area contributed by atoms with Gasteiger partial charge in [-0.3, -0.25) is 5.32 Å². The highest BCUT2D eigenvalue weighted by atomic mass is 32.1. The van der Waals surface area contributed by atoms with E-state index in [1.807, 2.05) is 0 Å². The highest BCUT2D eigenvalue weighted by Crippen LogP contribution is 2.11. The van der Waals surface area contributed by atoms with Gasteiger partial charge in [-0.25, -0.2) is 4.79 Å². The summed E-state index contributed by atoms with van der Waals surface area (Å²) in [6.45, 7) is 11.2. The van der Waals surface area contributed by atoms with Crippen LogP contribution in [0.4, 0.5) is 4.79 Å². The standard InChI is InChI=1S/C19H32N2O2S/c1-6-23-19(22)21-18(24)20-14-13-17(5)12-8-11-16(4)10-7-9-15(2)3/h9,11,13H,6-8,10,12,14H2,1-5H3,(H2,20,21,22,24)/b16-11+,17-13+. The zero-order valence-corrected chi connectivity index (χ0v) is 16.5. The smallest absolute Gasteiger partial charge is 0.413 e. The molecule has 0 radical (unpaired) electrons. The molecule has 2 N–H and O–H groups in total. The zero-order chi connectivity index (χ0) is 18.4. The van der Waals surface area contributed by atoms with E-state index in [1.54, 1.807) is 6.92 Å². The Morgan fingerprint density at radius 3 is 2.17 bits per heavy atom. The highest BCUT2D eigenvalue weighted by Gasteiger charge is 2.02. The summed E-state index contributed by atoms with van der Waals surface area (Å²) in [4.78, 5) is 11.2. The number of allylic oxidation sites excluding steroid dienone is 5. The van der Waals surface area contributed by atoms with Crippen molar-refractivity contribution in [3.05, 3.63) is 34.9 Å². The highest BCUT2D eigenvalue weighted by molar-refractivity contribution is 7.80. The molecular formula is C19H32N2O2S. The lowest BCUT2D eigenvalue weighted by molar-refractivity contribution is 0.157. The molecule has 0 saturated carbocycles. The molecule has 0 unspecified atom stereocenters. The van der Waals surface area contributed by atoms with Crippen molar-refractivity contribution >= 4 is 23.4 Å². The third kappa shape index (κ3) is 14.0. The van der Waals surface area contributed by atoms with Crippen molar-refractivity contribution in [2.24, 2.45) is 0 Å². The van der Waals surface area contributed by atoms with Crippen LogP contribution in [0.2, 0.25) is 0 Å². The average Bonchev–Trinajstić information content (AvgIpc) is 2.46. The topological polar surface area (TPSA) is 50.4 Å². The molecule has 4 nitrogen and oxygen atoms in total. The second-order valence-electron chi connectivity index (χ2n) is 6.02. The van der Waals surface area contributed by atoms with Crippen LogP contribution in [0, 0.1) is 0 Å². The summed E-state index contributed by atoms with van der Waals surface area (Å²) in [5, 5.41) is 5.70. The largest absolute Gasteiger partial charge is 0.450 e. The summed E-state index contributed by atoms with van der Waals surface area (Å²) < 4.78 is 4.75. The van der Waals surface area contributed by atoms with Crippen molar-refractivity contribution in [1.82, 2.24) is 10.6 Å². The molecule has 0 aromatic heterocycles. The lowest BCUT2D eigenvalue weighted by Gasteiger charge is -2.08. The predicted molar refractivity (Wildman–Crippen MR) is 106 cm³/mol. The van der Waals surface area contributed by atoms with Crippen molar-refractivity contribution in [1.29, 1.82) is 0 Å². The van der Waals surface area contributed by atoms with Gasteiger partial charge in [-0.05, 0) is 72.5 Å². The summed E-state index contributed by atoms with van der Waals surface area (Å²) in [6, 6.07) is 0. The summed E-state index contributed by atoms with van der Waals surface area (Å²) in [7, 11) is 0. The van der Waals surface area contributed by atoms with Gasteiger partial charge < -0.3 is 10.1 Å². The van der Waals surface area contributed by atoms with E-state index in [0.717, 1.165) is 25.7 Å². The van der Waals surface area contributed by atoms with E-state index in [1.165, 1.54) is 16.7 Å². The number of amides is 1. The van der Waals surface area contributed by atoms with Crippen LogP contribution < -0.4 is 10.6 Å². The molecule has 0 heterocycles. The van der Waals surface area contributed by atoms with E-state index < -0.39 is 6.09 Å². The molecular weight excluding hydrogens is 320 g/mol. The van der Waals surface area contributed by atoms with Crippen LogP contribution >= 0.6 is 12.2 Å². The fourth-order valence-corrected chi connectivity index (χ4v) is 2.13. The van der Waals surface area contributed by atoms with Gasteiger partial charge in [0.15, 0.2) is 5.11 Å². The van der Waals surface area contributed by atoms with Crippen LogP contribution in [-0.2, 0) is 4.74 Å². The molecule has 0 aromatic rings. The Bertz CT molecular complexity index is 490. The number of rotatable bonds is 9. The number of nitrogens with one attached hydrogen (secondary N) is 2. The number of ether oxygens (including phenoxy) is 1. The van der Waals surface area contributed by atoms with Crippen molar-refractivity contribution in [2.75, 3.05) is 13.2 Å². The van der Waals surface area contributed by atoms with Gasteiger partial charge in [-0.15, -0.1) is 0 Å². The average molecular weight is 353 g/mol. The van der Waals surface area contributed by atoms with Crippen molar-refractivity contribution in [3.63, 3.8) is 0 Å². The predicted octanol–water partition coefficient (Wildman–Crippen LogP) is 5.03. The molecule has 24 heavy (non-hydrogen) atoms. The van der Waals surface area contributed by atoms with Gasteiger partial charge in [0.05, 0.1) is 6.61 Å². The first-order valence-corrected chi connectivity index (χ1v) is 8.92. The fourth-order valence-electron chi connectivity index (χ4n) is 1.96. The van der Waals surface area contributed by atoms with Gasteiger partial charge in [0.2, 0.25) is 0 Å². The number of carbonyl (C=O) groups excluding carboxylic acids is 1. The minimum atomic E-state index is -0.524. The van der Waals surface area contributed by atoms with E-state index in [2.05, 4.69) is 56.6 Å². The van der Waals surface area contributed by atoms with E-state index in [9.17, 15) is 4.79 Å². The third-order valence-electron chi connectivity index (χ3n) is 3.33. The summed E-state index contributed by atoms with van der Waals surface area (Å²) in [6.07, 6.45) is 10.5. The number of carbonyl (C=O) groups is 1. The van der Waals surface area contributed by atoms with Crippen molar-refractivity contribution < 1.29 is 9.53 Å². The molecule has 5 heteroatoms. The van der Waals surface area contributed by atoms with Crippen LogP contribution in [0.25, 0.3) is 0 Å². The van der Waals surface area contributed by atoms with E-state index in [0.29, 0.717) is 13.2 Å². The number of hydrogen-bond acceptors (Lipinski definition) is 3. The molecule has 0 atom stereocenters. The Hall–Kier alpha value is -1.62. The third-order valence-corrected chi connectivity index (χ3v) is 3.57. The Morgan fingerprint density at radius 2 is 1.58 bits per heavy atom. The van der Waals surface area contributed by atoms with Gasteiger partial charge >= 0.3 is 6.09 Å². The Labute approximate surface area is 152 Å². The van der Waals surface area contributed by atoms with Crippen LogP contribution in [0.3, 0.4) is 0 Å². The first kappa shape index (κ1) is 22.4. The molecule has 0 rings (SSSR count). The lowest BCUT2D eigenvalue weighted by Crippen LogP contribution is -2.39. The Balaban J connectivity index is 3.96. The summed E-state index contributed by atoms with van der Waals surface area (Å²) >= 11 is 5.01. The van der Waals surface area contributed by atoms with Crippen molar-refractivity contribution in [2.45, 2.75) is 60.3 Å². The van der Waals surface area contributed by atoms with Gasteiger partial charge in [0.1, 0.15) is 0 Å². The van der Waals surface area contributed by atoms with Crippen molar-refractivity contribution in [3.8, 4) is 0 Å². The maximum absolute atomic E-state index is 11.2. The molecule has 0 spiro atoms. The Morgan fingerprint density at radius 1 is 1.00 bits per heavy atom. The molecule has 0 aliphatic heterocycles. The second-order valence-corrected chi connectivity index (χ2v) is 6.42. The SMILES string of the molecule is CCOC(=O)NC(=S)NC/C=C(\C)CC/C=C(\C)CCC=C(C)C. The molecule has 136 valence electrons. The molecule has 0 aromatic carbocycles. The second kappa shape index (κ2) is 13.8. The maximum atomic E-state index is 11.2. The lowest BCUT2D eigenvalue weighted by atomic mass is 10.1. The monoisotopic (exact) mass is 352 g/mol. The first-order valence-electron chi connectivity index (χ1n) is 8.51. The molecule has 0 bridgehead atoms. The summed E-state index contributed by atoms with van der Waals surface area (Å²) in [5.41, 5.74) is 4.12. The van der Waals surface area contributed by atoms with Gasteiger partial charge in [0, 0.05) is 6.54 Å². The normalized spacial score (nSPS) is 11.7. The fraction of sp³-hybridized carbons (Fsp3) is 0.579. The number of hydrogen-bond donors (Lipinski definition) is 2. The van der Waals surface area contributed by atoms with Crippen LogP contribution in [-0.4, -0.2) is 24.4 Å². The van der Waals surface area contributed by atoms with E-state index >= 15 is 0 Å². The molecule has 0 aliphatic rings. The summed E-state index contributed by atoms with van der Waals surface area (Å²) in [5.74, 6) is 0. The number of alkyl carbamates (subject to hydrolysis) is 1. The molecule has 0 saturated heterocycles. The quantitative estimate of drug-likeness (QED) is 0.451. The van der Waals surface area contributed by atoms with Crippen LogP contribution in [0.5, 0.6) is 0 Å². The van der Waals surface area contributed by atoms with Crippen LogP contribution in [0.15, 0.2) is 34.9 Å². The molecule has 0 fully saturated rings. The van der Waals surface area contributed by atoms with E-state index in [4.69, 9.17) is 17.0 Å². The maximum Gasteiger partial charge on any atom is 0.413 e.